The van der Waals surface area contributed by atoms with Crippen LogP contribution in [0.3, 0.4) is 0 Å². The van der Waals surface area contributed by atoms with Crippen molar-refractivity contribution in [2.45, 2.75) is 6.92 Å². The van der Waals surface area contributed by atoms with E-state index in [1.807, 2.05) is 0 Å². The van der Waals surface area contributed by atoms with Crippen molar-refractivity contribution >= 4 is 17.3 Å². The van der Waals surface area contributed by atoms with E-state index in [0.29, 0.717) is 5.56 Å². The molecular formula is C14H11FN2O4. The van der Waals surface area contributed by atoms with E-state index in [2.05, 4.69) is 5.32 Å². The first-order chi connectivity index (χ1) is 9.86. The Bertz CT molecular complexity index is 711. The van der Waals surface area contributed by atoms with Crippen LogP contribution in [0.4, 0.5) is 15.8 Å². The second kappa shape index (κ2) is 5.58. The summed E-state index contributed by atoms with van der Waals surface area (Å²) in [5.41, 5.74) is 0.0196. The van der Waals surface area contributed by atoms with Gasteiger partial charge in [0.05, 0.1) is 4.92 Å². The summed E-state index contributed by atoms with van der Waals surface area (Å²) in [6.07, 6.45) is 0. The van der Waals surface area contributed by atoms with E-state index in [1.54, 1.807) is 6.92 Å². The highest BCUT2D eigenvalue weighted by molar-refractivity contribution is 6.07. The summed E-state index contributed by atoms with van der Waals surface area (Å²) in [7, 11) is 0. The molecule has 0 saturated carbocycles. The maximum atomic E-state index is 13.3. The number of nitro benzene ring substituents is 1. The number of nitro groups is 1. The molecule has 0 saturated heterocycles. The molecular weight excluding hydrogens is 279 g/mol. The van der Waals surface area contributed by atoms with Gasteiger partial charge in [-0.3, -0.25) is 14.9 Å². The lowest BCUT2D eigenvalue weighted by Crippen LogP contribution is -2.14. The second-order valence-corrected chi connectivity index (χ2v) is 4.43. The first-order valence-corrected chi connectivity index (χ1v) is 5.93. The number of phenolic OH excluding ortho intramolecular Hbond substituents is 1. The molecule has 2 N–H and O–H groups in total. The molecule has 0 unspecified atom stereocenters. The molecule has 0 spiro atoms. The Morgan fingerprint density at radius 1 is 1.29 bits per heavy atom. The van der Waals surface area contributed by atoms with Crippen molar-refractivity contribution in [3.8, 4) is 5.75 Å². The maximum Gasteiger partial charge on any atom is 0.282 e. The molecule has 2 aromatic rings. The molecule has 0 atom stereocenters. The van der Waals surface area contributed by atoms with Gasteiger partial charge in [0, 0.05) is 11.8 Å². The molecule has 0 aromatic heterocycles. The van der Waals surface area contributed by atoms with Crippen LogP contribution in [0.1, 0.15) is 15.9 Å². The highest BCUT2D eigenvalue weighted by Gasteiger charge is 2.21. The molecule has 0 heterocycles. The van der Waals surface area contributed by atoms with Gasteiger partial charge in [-0.1, -0.05) is 0 Å². The molecule has 7 heteroatoms. The molecule has 0 aliphatic carbocycles. The van der Waals surface area contributed by atoms with Crippen LogP contribution in [0.15, 0.2) is 36.4 Å². The quantitative estimate of drug-likeness (QED) is 0.671. The van der Waals surface area contributed by atoms with Crippen molar-refractivity contribution in [3.05, 3.63) is 63.5 Å². The fourth-order valence-corrected chi connectivity index (χ4v) is 1.87. The Morgan fingerprint density at radius 3 is 2.62 bits per heavy atom. The number of nitrogens with zero attached hydrogens (tertiary/aromatic N) is 1. The number of phenols is 1. The summed E-state index contributed by atoms with van der Waals surface area (Å²) in [5.74, 6) is -1.61. The van der Waals surface area contributed by atoms with E-state index >= 15 is 0 Å². The molecule has 0 bridgehead atoms. The second-order valence-electron chi connectivity index (χ2n) is 4.43. The number of halogens is 1. The van der Waals surface area contributed by atoms with E-state index < -0.39 is 22.3 Å². The number of carbonyl (C=O) groups is 1. The zero-order valence-corrected chi connectivity index (χ0v) is 11.0. The number of hydrogen-bond acceptors (Lipinski definition) is 4. The summed E-state index contributed by atoms with van der Waals surface area (Å²) in [6.45, 7) is 1.65. The summed E-state index contributed by atoms with van der Waals surface area (Å²) in [5, 5.41) is 22.6. The number of aryl methyl sites for hydroxylation is 1. The van der Waals surface area contributed by atoms with Gasteiger partial charge >= 0.3 is 0 Å². The summed E-state index contributed by atoms with van der Waals surface area (Å²) >= 11 is 0. The lowest BCUT2D eigenvalue weighted by atomic mass is 10.1. The number of carbonyl (C=O) groups excluding carboxylic acids is 1. The van der Waals surface area contributed by atoms with Crippen molar-refractivity contribution in [3.63, 3.8) is 0 Å². The average molecular weight is 290 g/mol. The predicted molar refractivity (Wildman–Crippen MR) is 73.9 cm³/mol. The Balaban J connectivity index is 2.36. The molecule has 0 aliphatic rings. The lowest BCUT2D eigenvalue weighted by Gasteiger charge is -2.07. The number of rotatable bonds is 3. The van der Waals surface area contributed by atoms with Crippen molar-refractivity contribution in [1.29, 1.82) is 0 Å². The van der Waals surface area contributed by atoms with Crippen LogP contribution in [0.25, 0.3) is 0 Å². The number of amides is 1. The molecule has 1 amide bonds. The van der Waals surface area contributed by atoms with Gasteiger partial charge in [-0.05, 0) is 42.8 Å². The Kier molecular flexibility index (Phi) is 3.84. The third-order valence-corrected chi connectivity index (χ3v) is 2.72. The van der Waals surface area contributed by atoms with Gasteiger partial charge < -0.3 is 10.4 Å². The third kappa shape index (κ3) is 3.33. The van der Waals surface area contributed by atoms with Crippen LogP contribution in [0.2, 0.25) is 0 Å². The normalized spacial score (nSPS) is 10.2. The Labute approximate surface area is 119 Å². The van der Waals surface area contributed by atoms with E-state index in [4.69, 9.17) is 0 Å². The molecule has 108 valence electrons. The molecule has 21 heavy (non-hydrogen) atoms. The number of nitrogens with one attached hydrogen (secondary N) is 1. The zero-order valence-electron chi connectivity index (χ0n) is 11.0. The van der Waals surface area contributed by atoms with E-state index in [9.17, 15) is 24.4 Å². The number of hydrogen-bond donors (Lipinski definition) is 2. The van der Waals surface area contributed by atoms with Gasteiger partial charge in [-0.2, -0.15) is 0 Å². The summed E-state index contributed by atoms with van der Waals surface area (Å²) < 4.78 is 13.3. The monoisotopic (exact) mass is 290 g/mol. The summed E-state index contributed by atoms with van der Waals surface area (Å²) in [6, 6.07) is 7.03. The van der Waals surface area contributed by atoms with E-state index in [0.717, 1.165) is 24.3 Å². The highest BCUT2D eigenvalue weighted by atomic mass is 19.1. The zero-order chi connectivity index (χ0) is 15.6. The maximum absolute atomic E-state index is 13.3. The average Bonchev–Trinajstić information content (AvgIpc) is 2.36. The van der Waals surface area contributed by atoms with Crippen LogP contribution in [-0.2, 0) is 0 Å². The summed E-state index contributed by atoms with van der Waals surface area (Å²) in [4.78, 5) is 22.2. The van der Waals surface area contributed by atoms with Crippen LogP contribution in [0.5, 0.6) is 5.75 Å². The van der Waals surface area contributed by atoms with Gasteiger partial charge in [-0.25, -0.2) is 4.39 Å². The minimum Gasteiger partial charge on any atom is -0.508 e. The lowest BCUT2D eigenvalue weighted by molar-refractivity contribution is -0.385. The molecule has 6 nitrogen and oxygen atoms in total. The topological polar surface area (TPSA) is 92.5 Å². The molecule has 2 aromatic carbocycles. The molecule has 2 rings (SSSR count). The van der Waals surface area contributed by atoms with Crippen LogP contribution < -0.4 is 5.32 Å². The number of aromatic hydroxyl groups is 1. The Hall–Kier alpha value is -2.96. The largest absolute Gasteiger partial charge is 0.508 e. The van der Waals surface area contributed by atoms with E-state index in [1.165, 1.54) is 12.1 Å². The molecule has 0 radical (unpaired) electrons. The predicted octanol–water partition coefficient (Wildman–Crippen LogP) is 3.00. The minimum absolute atomic E-state index is 0.176. The van der Waals surface area contributed by atoms with Gasteiger partial charge in [0.25, 0.3) is 11.6 Å². The van der Waals surface area contributed by atoms with Crippen molar-refractivity contribution in [2.24, 2.45) is 0 Å². The fourth-order valence-electron chi connectivity index (χ4n) is 1.87. The minimum atomic E-state index is -0.803. The van der Waals surface area contributed by atoms with Crippen LogP contribution in [-0.4, -0.2) is 15.9 Å². The van der Waals surface area contributed by atoms with Crippen LogP contribution in [0, 0.1) is 22.9 Å². The highest BCUT2D eigenvalue weighted by Crippen LogP contribution is 2.24. The SMILES string of the molecule is Cc1cc(F)cc(NC(=O)c2cc(O)ccc2[N+](=O)[O-])c1. The first-order valence-electron chi connectivity index (χ1n) is 5.93. The Morgan fingerprint density at radius 2 is 2.00 bits per heavy atom. The number of benzene rings is 2. The van der Waals surface area contributed by atoms with Crippen LogP contribution >= 0.6 is 0 Å². The first kappa shape index (κ1) is 14.4. The van der Waals surface area contributed by atoms with Crippen molar-refractivity contribution in [1.82, 2.24) is 0 Å². The van der Waals surface area contributed by atoms with Gasteiger partial charge in [0.15, 0.2) is 0 Å². The van der Waals surface area contributed by atoms with Gasteiger partial charge in [0.1, 0.15) is 17.1 Å². The number of anilines is 1. The van der Waals surface area contributed by atoms with E-state index in [-0.39, 0.29) is 17.0 Å². The standard InChI is InChI=1S/C14H11FN2O4/c1-8-4-9(15)6-10(5-8)16-14(19)12-7-11(18)2-3-13(12)17(20)21/h2-7,18H,1H3,(H,16,19). The molecule has 0 aliphatic heterocycles. The van der Waals surface area contributed by atoms with Crippen molar-refractivity contribution < 1.29 is 19.2 Å². The fraction of sp³-hybridized carbons (Fsp3) is 0.0714. The smallest absolute Gasteiger partial charge is 0.282 e. The van der Waals surface area contributed by atoms with Crippen molar-refractivity contribution in [2.75, 3.05) is 5.32 Å². The van der Waals surface area contributed by atoms with Gasteiger partial charge in [-0.15, -0.1) is 0 Å². The third-order valence-electron chi connectivity index (χ3n) is 2.72. The van der Waals surface area contributed by atoms with Gasteiger partial charge in [0.2, 0.25) is 0 Å². The molecule has 0 fully saturated rings.